The largest absolute Gasteiger partial charge is 0.344 e. The second-order valence-electron chi connectivity index (χ2n) is 7.78. The third-order valence-corrected chi connectivity index (χ3v) is 6.25. The molecule has 0 aliphatic rings. The van der Waals surface area contributed by atoms with Gasteiger partial charge in [0.25, 0.3) is 10.1 Å². The van der Waals surface area contributed by atoms with Gasteiger partial charge >= 0.3 is 0 Å². The maximum absolute atomic E-state index is 11.4. The Balaban J connectivity index is 0.00000729. The average molecular weight is 414 g/mol. The molecule has 0 saturated heterocycles. The minimum Gasteiger partial charge on any atom is -0.344 e. The van der Waals surface area contributed by atoms with E-state index in [4.69, 9.17) is 0 Å². The summed E-state index contributed by atoms with van der Waals surface area (Å²) in [6, 6.07) is 6.76. The lowest BCUT2D eigenvalue weighted by Crippen LogP contribution is -2.03. The number of rotatable bonds is 17. The predicted molar refractivity (Wildman–Crippen MR) is 120 cm³/mol. The minimum atomic E-state index is -4.10. The molecule has 0 saturated carbocycles. The van der Waals surface area contributed by atoms with E-state index in [-0.39, 0.29) is 11.0 Å². The SMILES string of the molecule is CCCCCCCCCCCCCCCCCc1ccccc1S(=O)(=O)O.N. The maximum Gasteiger partial charge on any atom is 0.294 e. The molecule has 4 nitrogen and oxygen atoms in total. The van der Waals surface area contributed by atoms with E-state index >= 15 is 0 Å². The summed E-state index contributed by atoms with van der Waals surface area (Å²) in [4.78, 5) is 0.0652. The molecular formula is C23H43NO3S. The van der Waals surface area contributed by atoms with Crippen LogP contribution in [-0.4, -0.2) is 13.0 Å². The molecule has 1 aromatic carbocycles. The third kappa shape index (κ3) is 13.3. The van der Waals surface area contributed by atoms with E-state index in [1.165, 1.54) is 89.5 Å². The fraction of sp³-hybridized carbons (Fsp3) is 0.739. The van der Waals surface area contributed by atoms with Crippen LogP contribution in [0.5, 0.6) is 0 Å². The van der Waals surface area contributed by atoms with Crippen molar-refractivity contribution in [2.24, 2.45) is 0 Å². The molecule has 0 bridgehead atoms. The van der Waals surface area contributed by atoms with E-state index in [0.717, 1.165) is 18.4 Å². The van der Waals surface area contributed by atoms with Crippen molar-refractivity contribution < 1.29 is 13.0 Å². The second kappa shape index (κ2) is 17.0. The molecule has 1 rings (SSSR count). The van der Waals surface area contributed by atoms with Crippen molar-refractivity contribution in [1.29, 1.82) is 0 Å². The van der Waals surface area contributed by atoms with Crippen molar-refractivity contribution in [3.8, 4) is 0 Å². The Morgan fingerprint density at radius 3 is 1.50 bits per heavy atom. The van der Waals surface area contributed by atoms with Crippen LogP contribution in [0, 0.1) is 0 Å². The molecule has 0 heterocycles. The zero-order chi connectivity index (χ0) is 19.8. The summed E-state index contributed by atoms with van der Waals surface area (Å²) in [6.07, 6.45) is 20.5. The van der Waals surface area contributed by atoms with Gasteiger partial charge in [0.15, 0.2) is 0 Å². The summed E-state index contributed by atoms with van der Waals surface area (Å²) >= 11 is 0. The van der Waals surface area contributed by atoms with Gasteiger partial charge in [-0.1, -0.05) is 115 Å². The van der Waals surface area contributed by atoms with E-state index in [9.17, 15) is 13.0 Å². The number of unbranched alkanes of at least 4 members (excludes halogenated alkanes) is 14. The first-order chi connectivity index (χ1) is 13.1. The van der Waals surface area contributed by atoms with Gasteiger partial charge in [-0.25, -0.2) is 0 Å². The highest BCUT2D eigenvalue weighted by atomic mass is 32.2. The Morgan fingerprint density at radius 2 is 1.07 bits per heavy atom. The molecule has 0 spiro atoms. The maximum atomic E-state index is 11.4. The van der Waals surface area contributed by atoms with Crippen LogP contribution < -0.4 is 6.15 Å². The van der Waals surface area contributed by atoms with E-state index in [1.54, 1.807) is 12.1 Å². The van der Waals surface area contributed by atoms with Gasteiger partial charge in [0, 0.05) is 0 Å². The fourth-order valence-corrected chi connectivity index (χ4v) is 4.40. The molecule has 0 aliphatic carbocycles. The lowest BCUT2D eigenvalue weighted by Gasteiger charge is -2.07. The van der Waals surface area contributed by atoms with Crippen LogP contribution in [0.2, 0.25) is 0 Å². The second-order valence-corrected chi connectivity index (χ2v) is 9.17. The van der Waals surface area contributed by atoms with Gasteiger partial charge in [0.2, 0.25) is 0 Å². The van der Waals surface area contributed by atoms with Crippen LogP contribution in [0.4, 0.5) is 0 Å². The average Bonchev–Trinajstić information content (AvgIpc) is 2.64. The first kappa shape index (κ1) is 27.1. The van der Waals surface area contributed by atoms with E-state index < -0.39 is 10.1 Å². The van der Waals surface area contributed by atoms with Crippen molar-refractivity contribution in [1.82, 2.24) is 6.15 Å². The van der Waals surface area contributed by atoms with Crippen molar-refractivity contribution in [3.63, 3.8) is 0 Å². The van der Waals surface area contributed by atoms with Gasteiger partial charge in [0.1, 0.15) is 0 Å². The molecule has 28 heavy (non-hydrogen) atoms. The monoisotopic (exact) mass is 413 g/mol. The number of aryl methyl sites for hydroxylation is 1. The number of benzene rings is 1. The van der Waals surface area contributed by atoms with Gasteiger partial charge in [0.05, 0.1) is 4.90 Å². The van der Waals surface area contributed by atoms with Crippen molar-refractivity contribution >= 4 is 10.1 Å². The molecule has 1 aromatic rings. The third-order valence-electron chi connectivity index (χ3n) is 5.30. The minimum absolute atomic E-state index is 0. The zero-order valence-corrected chi connectivity index (χ0v) is 18.8. The molecule has 4 N–H and O–H groups in total. The van der Waals surface area contributed by atoms with Gasteiger partial charge < -0.3 is 6.15 Å². The van der Waals surface area contributed by atoms with Gasteiger partial charge in [-0.05, 0) is 24.5 Å². The number of hydrogen-bond donors (Lipinski definition) is 2. The molecule has 0 atom stereocenters. The fourth-order valence-electron chi connectivity index (χ4n) is 3.65. The smallest absolute Gasteiger partial charge is 0.294 e. The first-order valence-electron chi connectivity index (χ1n) is 11.1. The van der Waals surface area contributed by atoms with Crippen LogP contribution >= 0.6 is 0 Å². The van der Waals surface area contributed by atoms with Crippen molar-refractivity contribution in [2.45, 2.75) is 115 Å². The number of hydrogen-bond acceptors (Lipinski definition) is 3. The van der Waals surface area contributed by atoms with Crippen LogP contribution in [-0.2, 0) is 16.5 Å². The van der Waals surface area contributed by atoms with Crippen LogP contribution in [0.25, 0.3) is 0 Å². The normalized spacial score (nSPS) is 11.4. The molecule has 164 valence electrons. The summed E-state index contributed by atoms with van der Waals surface area (Å²) in [5.41, 5.74) is 0.731. The molecular weight excluding hydrogens is 370 g/mol. The Morgan fingerprint density at radius 1 is 0.679 bits per heavy atom. The lowest BCUT2D eigenvalue weighted by atomic mass is 10.0. The van der Waals surface area contributed by atoms with E-state index in [1.807, 2.05) is 6.07 Å². The summed E-state index contributed by atoms with van der Waals surface area (Å²) in [7, 11) is -4.10. The molecule has 0 fully saturated rings. The van der Waals surface area contributed by atoms with Gasteiger partial charge in [-0.2, -0.15) is 8.42 Å². The Hall–Kier alpha value is -0.910. The highest BCUT2D eigenvalue weighted by molar-refractivity contribution is 7.85. The Kier molecular flexibility index (Phi) is 16.4. The van der Waals surface area contributed by atoms with Crippen LogP contribution in [0.1, 0.15) is 109 Å². The Bertz CT molecular complexity index is 587. The van der Waals surface area contributed by atoms with E-state index in [2.05, 4.69) is 6.92 Å². The lowest BCUT2D eigenvalue weighted by molar-refractivity contribution is 0.481. The molecule has 0 aliphatic heterocycles. The molecule has 0 radical (unpaired) electrons. The van der Waals surface area contributed by atoms with Gasteiger partial charge in [-0.3, -0.25) is 4.55 Å². The van der Waals surface area contributed by atoms with E-state index in [0.29, 0.717) is 6.42 Å². The predicted octanol–water partition coefficient (Wildman–Crippen LogP) is 7.51. The zero-order valence-electron chi connectivity index (χ0n) is 18.0. The van der Waals surface area contributed by atoms with Crippen molar-refractivity contribution in [2.75, 3.05) is 0 Å². The molecule has 0 amide bonds. The summed E-state index contributed by atoms with van der Waals surface area (Å²) in [6.45, 7) is 2.27. The quantitative estimate of drug-likeness (QED) is 0.204. The highest BCUT2D eigenvalue weighted by Gasteiger charge is 2.13. The Labute approximate surface area is 173 Å². The van der Waals surface area contributed by atoms with Crippen molar-refractivity contribution in [3.05, 3.63) is 29.8 Å². The summed E-state index contributed by atoms with van der Waals surface area (Å²) in [5.74, 6) is 0. The van der Waals surface area contributed by atoms with Crippen LogP contribution in [0.15, 0.2) is 29.2 Å². The molecule has 0 aromatic heterocycles. The summed E-state index contributed by atoms with van der Waals surface area (Å²) in [5, 5.41) is 0. The van der Waals surface area contributed by atoms with Crippen LogP contribution in [0.3, 0.4) is 0 Å². The summed E-state index contributed by atoms with van der Waals surface area (Å²) < 4.78 is 32.0. The van der Waals surface area contributed by atoms with Gasteiger partial charge in [-0.15, -0.1) is 0 Å². The molecule has 5 heteroatoms. The standard InChI is InChI=1S/C23H40O3S.H3N/c1-2-3-4-5-6-7-8-9-10-11-12-13-14-15-16-19-22-20-17-18-21-23(22)27(24,25)26;/h17-18,20-21H,2-16,19H2,1H3,(H,24,25,26);1H3. The molecule has 0 unspecified atom stereocenters. The topological polar surface area (TPSA) is 89.4 Å². The highest BCUT2D eigenvalue weighted by Crippen LogP contribution is 2.18. The first-order valence-corrected chi connectivity index (χ1v) is 12.5.